The van der Waals surface area contributed by atoms with Crippen LogP contribution in [0.4, 0.5) is 0 Å². The number of hydrogen-bond donors (Lipinski definition) is 2. The van der Waals surface area contributed by atoms with Gasteiger partial charge in [-0.15, -0.1) is 0 Å². The summed E-state index contributed by atoms with van der Waals surface area (Å²) in [5.74, 6) is 0.416. The fraction of sp³-hybridized carbons (Fsp3) is 0.150. The lowest BCUT2D eigenvalue weighted by molar-refractivity contribution is 0.0944. The average Bonchev–Trinajstić information content (AvgIpc) is 2.64. The summed E-state index contributed by atoms with van der Waals surface area (Å²) >= 11 is 0. The van der Waals surface area contributed by atoms with E-state index in [2.05, 4.69) is 23.5 Å². The molecular formula is C20H19NO3. The van der Waals surface area contributed by atoms with Crippen molar-refractivity contribution in [3.63, 3.8) is 0 Å². The van der Waals surface area contributed by atoms with Gasteiger partial charge >= 0.3 is 0 Å². The summed E-state index contributed by atoms with van der Waals surface area (Å²) in [6.45, 7) is 0.589. The Balaban J connectivity index is 1.73. The molecule has 0 fully saturated rings. The van der Waals surface area contributed by atoms with Gasteiger partial charge < -0.3 is 15.2 Å². The molecule has 0 radical (unpaired) electrons. The smallest absolute Gasteiger partial charge is 0.251 e. The van der Waals surface area contributed by atoms with Gasteiger partial charge in [0.05, 0.1) is 6.61 Å². The molecule has 4 nitrogen and oxygen atoms in total. The summed E-state index contributed by atoms with van der Waals surface area (Å²) in [7, 11) is 0. The maximum absolute atomic E-state index is 11.9. The molecule has 0 saturated heterocycles. The number of nitrogens with one attached hydrogen (secondary N) is 1. The van der Waals surface area contributed by atoms with E-state index in [4.69, 9.17) is 9.84 Å². The quantitative estimate of drug-likeness (QED) is 0.733. The van der Waals surface area contributed by atoms with Crippen LogP contribution in [0.1, 0.15) is 15.9 Å². The highest BCUT2D eigenvalue weighted by atomic mass is 16.5. The number of benzene rings is 3. The summed E-state index contributed by atoms with van der Waals surface area (Å²) in [5, 5.41) is 13.7. The van der Waals surface area contributed by atoms with Gasteiger partial charge in [0.25, 0.3) is 5.91 Å². The van der Waals surface area contributed by atoms with Crippen molar-refractivity contribution < 1.29 is 14.6 Å². The van der Waals surface area contributed by atoms with Crippen LogP contribution in [0.25, 0.3) is 10.8 Å². The lowest BCUT2D eigenvalue weighted by atomic mass is 10.1. The summed E-state index contributed by atoms with van der Waals surface area (Å²) in [6, 6.07) is 21.3. The third kappa shape index (κ3) is 3.73. The standard InChI is InChI=1S/C20H19NO3/c22-12-11-21-20(23)16-7-4-9-18(13-16)24-14-17-8-3-6-15-5-1-2-10-19(15)17/h1-10,13,22H,11-12,14H2,(H,21,23). The van der Waals surface area contributed by atoms with Gasteiger partial charge in [0.2, 0.25) is 0 Å². The fourth-order valence-corrected chi connectivity index (χ4v) is 2.58. The minimum absolute atomic E-state index is 0.0803. The molecule has 0 spiro atoms. The number of amides is 1. The lowest BCUT2D eigenvalue weighted by Crippen LogP contribution is -2.26. The van der Waals surface area contributed by atoms with E-state index in [1.54, 1.807) is 18.2 Å². The maximum atomic E-state index is 11.9. The zero-order valence-electron chi connectivity index (χ0n) is 13.2. The minimum atomic E-state index is -0.223. The van der Waals surface area contributed by atoms with Gasteiger partial charge in [0.15, 0.2) is 0 Å². The van der Waals surface area contributed by atoms with Gasteiger partial charge in [-0.05, 0) is 34.5 Å². The molecule has 0 bridgehead atoms. The van der Waals surface area contributed by atoms with Crippen molar-refractivity contribution in [2.75, 3.05) is 13.2 Å². The molecule has 0 aliphatic carbocycles. The van der Waals surface area contributed by atoms with Crippen LogP contribution in [-0.2, 0) is 6.61 Å². The van der Waals surface area contributed by atoms with Gasteiger partial charge in [-0.25, -0.2) is 0 Å². The van der Waals surface area contributed by atoms with Gasteiger partial charge in [-0.2, -0.15) is 0 Å². The summed E-state index contributed by atoms with van der Waals surface area (Å²) in [6.07, 6.45) is 0. The van der Waals surface area contributed by atoms with E-state index in [0.29, 0.717) is 17.9 Å². The first-order valence-corrected chi connectivity index (χ1v) is 7.86. The van der Waals surface area contributed by atoms with Crippen molar-refractivity contribution in [1.29, 1.82) is 0 Å². The van der Waals surface area contributed by atoms with Crippen LogP contribution in [-0.4, -0.2) is 24.2 Å². The molecule has 4 heteroatoms. The number of fused-ring (bicyclic) bond motifs is 1. The molecule has 0 aliphatic rings. The number of hydrogen-bond acceptors (Lipinski definition) is 3. The van der Waals surface area contributed by atoms with Gasteiger partial charge in [0, 0.05) is 12.1 Å². The van der Waals surface area contributed by atoms with Crippen LogP contribution in [0.5, 0.6) is 5.75 Å². The summed E-state index contributed by atoms with van der Waals surface area (Å²) in [4.78, 5) is 11.9. The van der Waals surface area contributed by atoms with Crippen molar-refractivity contribution in [2.24, 2.45) is 0 Å². The Bertz CT molecular complexity index is 840. The van der Waals surface area contributed by atoms with E-state index >= 15 is 0 Å². The molecule has 3 rings (SSSR count). The second-order valence-electron chi connectivity index (χ2n) is 5.43. The highest BCUT2D eigenvalue weighted by Gasteiger charge is 2.07. The molecule has 122 valence electrons. The zero-order valence-corrected chi connectivity index (χ0v) is 13.2. The zero-order chi connectivity index (χ0) is 16.8. The van der Waals surface area contributed by atoms with Crippen LogP contribution >= 0.6 is 0 Å². The first-order valence-electron chi connectivity index (χ1n) is 7.86. The number of aliphatic hydroxyl groups is 1. The molecule has 0 heterocycles. The Morgan fingerprint density at radius 3 is 2.67 bits per heavy atom. The molecule has 3 aromatic carbocycles. The number of carbonyl (C=O) groups excluding carboxylic acids is 1. The van der Waals surface area contributed by atoms with Crippen molar-refractivity contribution in [3.05, 3.63) is 77.9 Å². The number of ether oxygens (including phenoxy) is 1. The fourth-order valence-electron chi connectivity index (χ4n) is 2.58. The van der Waals surface area contributed by atoms with E-state index in [-0.39, 0.29) is 19.1 Å². The maximum Gasteiger partial charge on any atom is 0.251 e. The Morgan fingerprint density at radius 2 is 1.79 bits per heavy atom. The van der Waals surface area contributed by atoms with Crippen molar-refractivity contribution >= 4 is 16.7 Å². The van der Waals surface area contributed by atoms with Crippen molar-refractivity contribution in [3.8, 4) is 5.75 Å². The summed E-state index contributed by atoms with van der Waals surface area (Å²) < 4.78 is 5.87. The molecule has 0 atom stereocenters. The first-order chi connectivity index (χ1) is 11.8. The Hall–Kier alpha value is -2.85. The van der Waals surface area contributed by atoms with E-state index in [1.165, 1.54) is 5.39 Å². The molecule has 0 aliphatic heterocycles. The Morgan fingerprint density at radius 1 is 1.00 bits per heavy atom. The number of aliphatic hydroxyl groups excluding tert-OH is 1. The van der Waals surface area contributed by atoms with Crippen molar-refractivity contribution in [1.82, 2.24) is 5.32 Å². The number of rotatable bonds is 6. The lowest BCUT2D eigenvalue weighted by Gasteiger charge is -2.10. The highest BCUT2D eigenvalue weighted by Crippen LogP contribution is 2.21. The highest BCUT2D eigenvalue weighted by molar-refractivity contribution is 5.94. The molecule has 0 saturated carbocycles. The molecular weight excluding hydrogens is 302 g/mol. The predicted molar refractivity (Wildman–Crippen MR) is 94.1 cm³/mol. The SMILES string of the molecule is O=C(NCCO)c1cccc(OCc2cccc3ccccc23)c1. The molecule has 3 aromatic rings. The van der Waals surface area contributed by atoms with Crippen molar-refractivity contribution in [2.45, 2.75) is 6.61 Å². The molecule has 1 amide bonds. The largest absolute Gasteiger partial charge is 0.489 e. The van der Waals surface area contributed by atoms with E-state index < -0.39 is 0 Å². The van der Waals surface area contributed by atoms with Gasteiger partial charge in [-0.1, -0.05) is 48.5 Å². The van der Waals surface area contributed by atoms with E-state index in [9.17, 15) is 4.79 Å². The van der Waals surface area contributed by atoms with Crippen LogP contribution < -0.4 is 10.1 Å². The Kier molecular flexibility index (Phi) is 5.08. The second kappa shape index (κ2) is 7.62. The minimum Gasteiger partial charge on any atom is -0.489 e. The predicted octanol–water partition coefficient (Wildman–Crippen LogP) is 3.14. The van der Waals surface area contributed by atoms with E-state index in [1.807, 2.05) is 30.3 Å². The van der Waals surface area contributed by atoms with E-state index in [0.717, 1.165) is 10.9 Å². The topological polar surface area (TPSA) is 58.6 Å². The van der Waals surface area contributed by atoms with Crippen LogP contribution in [0, 0.1) is 0 Å². The average molecular weight is 321 g/mol. The Labute approximate surface area is 140 Å². The first kappa shape index (κ1) is 16.0. The molecule has 2 N–H and O–H groups in total. The van der Waals surface area contributed by atoms with Gasteiger partial charge in [-0.3, -0.25) is 4.79 Å². The third-order valence-electron chi connectivity index (χ3n) is 3.77. The molecule has 24 heavy (non-hydrogen) atoms. The van der Waals surface area contributed by atoms with Crippen LogP contribution in [0.2, 0.25) is 0 Å². The summed E-state index contributed by atoms with van der Waals surface area (Å²) in [5.41, 5.74) is 1.61. The second-order valence-corrected chi connectivity index (χ2v) is 5.43. The van der Waals surface area contributed by atoms with Crippen LogP contribution in [0.3, 0.4) is 0 Å². The molecule has 0 aromatic heterocycles. The number of carbonyl (C=O) groups is 1. The van der Waals surface area contributed by atoms with Gasteiger partial charge in [0.1, 0.15) is 12.4 Å². The normalized spacial score (nSPS) is 10.5. The van der Waals surface area contributed by atoms with Crippen LogP contribution in [0.15, 0.2) is 66.7 Å². The monoisotopic (exact) mass is 321 g/mol. The molecule has 0 unspecified atom stereocenters. The third-order valence-corrected chi connectivity index (χ3v) is 3.77.